The molecular formula is C11H24OSi. The third kappa shape index (κ3) is 12.2. The zero-order valence-electron chi connectivity index (χ0n) is 9.27. The number of hydrogen-bond donors (Lipinski definition) is 0. The van der Waals surface area contributed by atoms with Crippen molar-refractivity contribution in [2.24, 2.45) is 0 Å². The molecule has 0 aliphatic heterocycles. The molecule has 0 unspecified atom stereocenters. The summed E-state index contributed by atoms with van der Waals surface area (Å²) in [7, 11) is 0.754. The quantitative estimate of drug-likeness (QED) is 0.385. The van der Waals surface area contributed by atoms with Gasteiger partial charge in [0.1, 0.15) is 0 Å². The highest BCUT2D eigenvalue weighted by molar-refractivity contribution is 6.26. The number of rotatable bonds is 10. The lowest BCUT2D eigenvalue weighted by Gasteiger charge is -2.01. The van der Waals surface area contributed by atoms with Crippen LogP contribution in [-0.2, 0) is 4.43 Å². The molecule has 0 spiro atoms. The van der Waals surface area contributed by atoms with Crippen molar-refractivity contribution in [3.05, 3.63) is 0 Å². The van der Waals surface area contributed by atoms with Gasteiger partial charge in [-0.1, -0.05) is 52.4 Å². The first-order valence-corrected chi connectivity index (χ1v) is 6.88. The van der Waals surface area contributed by atoms with Crippen LogP contribution in [0.1, 0.15) is 58.8 Å². The summed E-state index contributed by atoms with van der Waals surface area (Å²) >= 11 is 0. The summed E-state index contributed by atoms with van der Waals surface area (Å²) in [6, 6.07) is 1.28. The SMILES string of the molecule is CCCCCCO[Si]CCCCC. The third-order valence-corrected chi connectivity index (χ3v) is 3.05. The Morgan fingerprint density at radius 2 is 1.54 bits per heavy atom. The fourth-order valence-electron chi connectivity index (χ4n) is 1.19. The van der Waals surface area contributed by atoms with Crippen LogP contribution in [0.25, 0.3) is 0 Å². The molecule has 0 bridgehead atoms. The molecule has 2 heteroatoms. The van der Waals surface area contributed by atoms with E-state index in [0.717, 1.165) is 16.4 Å². The average Bonchev–Trinajstić information content (AvgIpc) is 2.16. The van der Waals surface area contributed by atoms with Crippen LogP contribution in [0.15, 0.2) is 0 Å². The molecule has 0 aromatic carbocycles. The zero-order valence-corrected chi connectivity index (χ0v) is 10.3. The molecule has 0 N–H and O–H groups in total. The molecule has 0 aromatic rings. The largest absolute Gasteiger partial charge is 0.417 e. The van der Waals surface area contributed by atoms with Crippen molar-refractivity contribution in [2.75, 3.05) is 6.61 Å². The lowest BCUT2D eigenvalue weighted by atomic mass is 10.2. The van der Waals surface area contributed by atoms with Crippen LogP contribution >= 0.6 is 0 Å². The first-order chi connectivity index (χ1) is 6.41. The lowest BCUT2D eigenvalue weighted by Crippen LogP contribution is -2.00. The van der Waals surface area contributed by atoms with Crippen molar-refractivity contribution in [3.8, 4) is 0 Å². The second-order valence-electron chi connectivity index (χ2n) is 3.51. The molecule has 2 radical (unpaired) electrons. The fourth-order valence-corrected chi connectivity index (χ4v) is 2.02. The van der Waals surface area contributed by atoms with Crippen molar-refractivity contribution in [3.63, 3.8) is 0 Å². The zero-order chi connectivity index (χ0) is 9.78. The molecule has 0 aliphatic rings. The van der Waals surface area contributed by atoms with Crippen molar-refractivity contribution < 1.29 is 4.43 Å². The maximum atomic E-state index is 5.55. The van der Waals surface area contributed by atoms with E-state index in [1.54, 1.807) is 0 Å². The molecule has 13 heavy (non-hydrogen) atoms. The minimum atomic E-state index is 0.754. The topological polar surface area (TPSA) is 9.23 Å². The van der Waals surface area contributed by atoms with Crippen LogP contribution in [0.5, 0.6) is 0 Å². The van der Waals surface area contributed by atoms with E-state index in [9.17, 15) is 0 Å². The first kappa shape index (κ1) is 13.2. The molecular weight excluding hydrogens is 176 g/mol. The molecule has 0 heterocycles. The van der Waals surface area contributed by atoms with Crippen molar-refractivity contribution >= 4 is 9.76 Å². The highest BCUT2D eigenvalue weighted by Gasteiger charge is 1.92. The van der Waals surface area contributed by atoms with Crippen LogP contribution in [0.4, 0.5) is 0 Å². The van der Waals surface area contributed by atoms with Crippen molar-refractivity contribution in [1.29, 1.82) is 0 Å². The molecule has 0 rings (SSSR count). The highest BCUT2D eigenvalue weighted by Crippen LogP contribution is 2.01. The van der Waals surface area contributed by atoms with Crippen molar-refractivity contribution in [1.82, 2.24) is 0 Å². The minimum absolute atomic E-state index is 0.754. The second kappa shape index (κ2) is 12.2. The molecule has 0 saturated carbocycles. The molecule has 0 saturated heterocycles. The van der Waals surface area contributed by atoms with Gasteiger partial charge in [0.05, 0.1) is 0 Å². The molecule has 0 aromatic heterocycles. The highest BCUT2D eigenvalue weighted by atomic mass is 28.2. The van der Waals surface area contributed by atoms with Crippen molar-refractivity contribution in [2.45, 2.75) is 64.8 Å². The van der Waals surface area contributed by atoms with E-state index in [2.05, 4.69) is 13.8 Å². The Morgan fingerprint density at radius 1 is 0.846 bits per heavy atom. The van der Waals surface area contributed by atoms with Gasteiger partial charge < -0.3 is 4.43 Å². The monoisotopic (exact) mass is 200 g/mol. The van der Waals surface area contributed by atoms with Gasteiger partial charge >= 0.3 is 0 Å². The molecule has 0 fully saturated rings. The summed E-state index contributed by atoms with van der Waals surface area (Å²) < 4.78 is 5.55. The van der Waals surface area contributed by atoms with Crippen LogP contribution in [0, 0.1) is 0 Å². The number of hydrogen-bond acceptors (Lipinski definition) is 1. The summed E-state index contributed by atoms with van der Waals surface area (Å²) in [6.07, 6.45) is 9.32. The molecule has 0 aliphatic carbocycles. The fraction of sp³-hybridized carbons (Fsp3) is 1.00. The van der Waals surface area contributed by atoms with E-state index in [1.165, 1.54) is 51.0 Å². The Labute approximate surface area is 86.2 Å². The smallest absolute Gasteiger partial charge is 0.229 e. The first-order valence-electron chi connectivity index (χ1n) is 5.76. The van der Waals surface area contributed by atoms with Gasteiger partial charge in [-0.05, 0) is 12.5 Å². The summed E-state index contributed by atoms with van der Waals surface area (Å²) in [6.45, 7) is 5.48. The molecule has 0 atom stereocenters. The Bertz CT molecular complexity index is 76.2. The Balaban J connectivity index is 2.76. The van der Waals surface area contributed by atoms with E-state index >= 15 is 0 Å². The van der Waals surface area contributed by atoms with Gasteiger partial charge in [0, 0.05) is 6.61 Å². The third-order valence-electron chi connectivity index (χ3n) is 2.08. The van der Waals surface area contributed by atoms with E-state index < -0.39 is 0 Å². The van der Waals surface area contributed by atoms with Gasteiger partial charge in [0.2, 0.25) is 9.76 Å². The van der Waals surface area contributed by atoms with E-state index in [0.29, 0.717) is 0 Å². The Hall–Kier alpha value is 0.177. The predicted molar refractivity (Wildman–Crippen MR) is 60.2 cm³/mol. The molecule has 78 valence electrons. The summed E-state index contributed by atoms with van der Waals surface area (Å²) in [5.41, 5.74) is 0. The predicted octanol–water partition coefficient (Wildman–Crippen LogP) is 3.81. The summed E-state index contributed by atoms with van der Waals surface area (Å²) in [4.78, 5) is 0. The summed E-state index contributed by atoms with van der Waals surface area (Å²) in [5, 5.41) is 0. The van der Waals surface area contributed by atoms with Gasteiger partial charge in [-0.3, -0.25) is 0 Å². The van der Waals surface area contributed by atoms with Crippen LogP contribution < -0.4 is 0 Å². The van der Waals surface area contributed by atoms with Gasteiger partial charge in [-0.15, -0.1) is 0 Å². The lowest BCUT2D eigenvalue weighted by molar-refractivity contribution is 0.320. The van der Waals surface area contributed by atoms with Gasteiger partial charge in [-0.2, -0.15) is 0 Å². The van der Waals surface area contributed by atoms with Crippen LogP contribution in [0.3, 0.4) is 0 Å². The summed E-state index contributed by atoms with van der Waals surface area (Å²) in [5.74, 6) is 0. The molecule has 1 nitrogen and oxygen atoms in total. The average molecular weight is 200 g/mol. The van der Waals surface area contributed by atoms with Crippen LogP contribution in [-0.4, -0.2) is 16.4 Å². The van der Waals surface area contributed by atoms with E-state index in [-0.39, 0.29) is 0 Å². The minimum Gasteiger partial charge on any atom is -0.417 e. The maximum absolute atomic E-state index is 5.55. The normalized spacial score (nSPS) is 10.6. The van der Waals surface area contributed by atoms with Gasteiger partial charge in [-0.25, -0.2) is 0 Å². The van der Waals surface area contributed by atoms with Gasteiger partial charge in [0.15, 0.2) is 0 Å². The standard InChI is InChI=1S/C11H24OSi/c1-3-5-7-8-10-12-13-11-9-6-4-2/h3-11H2,1-2H3. The molecule has 0 amide bonds. The van der Waals surface area contributed by atoms with E-state index in [1.807, 2.05) is 0 Å². The van der Waals surface area contributed by atoms with E-state index in [4.69, 9.17) is 4.43 Å². The Kier molecular flexibility index (Phi) is 12.3. The second-order valence-corrected chi connectivity index (χ2v) is 4.59. The van der Waals surface area contributed by atoms with Gasteiger partial charge in [0.25, 0.3) is 0 Å². The maximum Gasteiger partial charge on any atom is 0.229 e. The number of unbranched alkanes of at least 4 members (excludes halogenated alkanes) is 5. The Morgan fingerprint density at radius 3 is 2.23 bits per heavy atom. The van der Waals surface area contributed by atoms with Crippen LogP contribution in [0.2, 0.25) is 6.04 Å².